The van der Waals surface area contributed by atoms with Gasteiger partial charge in [-0.15, -0.1) is 0 Å². The Labute approximate surface area is 122 Å². The van der Waals surface area contributed by atoms with E-state index in [1.165, 1.54) is 5.56 Å². The van der Waals surface area contributed by atoms with Crippen LogP contribution in [0, 0.1) is 0 Å². The highest BCUT2D eigenvalue weighted by atomic mass is 35.5. The van der Waals surface area contributed by atoms with Gasteiger partial charge in [-0.2, -0.15) is 5.10 Å². The standard InChI is InChI=1S/C15H16ClN3O/c1-18-8-11(7-17-18)4-5-19-9-12(10-20)14-3-2-13(16)6-15(14)19/h2-3,6-9,20H,4-5,10H2,1H3. The van der Waals surface area contributed by atoms with Gasteiger partial charge < -0.3 is 9.67 Å². The van der Waals surface area contributed by atoms with Crippen LogP contribution in [0.5, 0.6) is 0 Å². The Morgan fingerprint density at radius 2 is 2.15 bits per heavy atom. The molecule has 0 radical (unpaired) electrons. The van der Waals surface area contributed by atoms with Crippen molar-refractivity contribution in [3.05, 3.63) is 52.9 Å². The first-order valence-corrected chi connectivity index (χ1v) is 6.91. The smallest absolute Gasteiger partial charge is 0.0702 e. The second kappa shape index (κ2) is 5.31. The van der Waals surface area contributed by atoms with Crippen LogP contribution >= 0.6 is 11.6 Å². The number of aliphatic hydroxyl groups is 1. The van der Waals surface area contributed by atoms with Gasteiger partial charge in [0.2, 0.25) is 0 Å². The molecule has 0 unspecified atom stereocenters. The third kappa shape index (κ3) is 2.44. The molecule has 0 aliphatic heterocycles. The van der Waals surface area contributed by atoms with Crippen molar-refractivity contribution in [2.75, 3.05) is 0 Å². The van der Waals surface area contributed by atoms with Crippen molar-refractivity contribution in [1.82, 2.24) is 14.3 Å². The summed E-state index contributed by atoms with van der Waals surface area (Å²) in [6, 6.07) is 5.76. The summed E-state index contributed by atoms with van der Waals surface area (Å²) in [5.74, 6) is 0. The molecule has 0 amide bonds. The van der Waals surface area contributed by atoms with Gasteiger partial charge in [0.15, 0.2) is 0 Å². The summed E-state index contributed by atoms with van der Waals surface area (Å²) in [4.78, 5) is 0. The lowest BCUT2D eigenvalue weighted by atomic mass is 10.2. The first-order chi connectivity index (χ1) is 9.67. The first-order valence-electron chi connectivity index (χ1n) is 6.53. The number of fused-ring (bicyclic) bond motifs is 1. The number of aliphatic hydroxyl groups excluding tert-OH is 1. The molecule has 3 aromatic rings. The number of aryl methyl sites for hydroxylation is 3. The molecule has 2 heterocycles. The molecule has 104 valence electrons. The molecule has 3 rings (SSSR count). The van der Waals surface area contributed by atoms with Crippen molar-refractivity contribution >= 4 is 22.5 Å². The molecule has 5 heteroatoms. The fourth-order valence-corrected chi connectivity index (χ4v) is 2.67. The fourth-order valence-electron chi connectivity index (χ4n) is 2.50. The van der Waals surface area contributed by atoms with Gasteiger partial charge in [-0.1, -0.05) is 17.7 Å². The maximum Gasteiger partial charge on any atom is 0.0702 e. The van der Waals surface area contributed by atoms with Crippen molar-refractivity contribution in [3.8, 4) is 0 Å². The topological polar surface area (TPSA) is 43.0 Å². The van der Waals surface area contributed by atoms with Crippen LogP contribution < -0.4 is 0 Å². The van der Waals surface area contributed by atoms with E-state index in [1.807, 2.05) is 43.8 Å². The maximum absolute atomic E-state index is 9.45. The number of aromatic nitrogens is 3. The molecule has 0 saturated carbocycles. The summed E-state index contributed by atoms with van der Waals surface area (Å²) in [5.41, 5.74) is 3.19. The van der Waals surface area contributed by atoms with Gasteiger partial charge in [0.25, 0.3) is 0 Å². The van der Waals surface area contributed by atoms with E-state index in [1.54, 1.807) is 4.68 Å². The number of rotatable bonds is 4. The zero-order valence-corrected chi connectivity index (χ0v) is 12.0. The Morgan fingerprint density at radius 3 is 2.85 bits per heavy atom. The second-order valence-electron chi connectivity index (χ2n) is 4.94. The normalized spacial score (nSPS) is 11.3. The largest absolute Gasteiger partial charge is 0.392 e. The monoisotopic (exact) mass is 289 g/mol. The van der Waals surface area contributed by atoms with E-state index in [9.17, 15) is 5.11 Å². The van der Waals surface area contributed by atoms with Crippen LogP contribution in [0.2, 0.25) is 5.02 Å². The summed E-state index contributed by atoms with van der Waals surface area (Å²) in [5, 5.41) is 15.4. The van der Waals surface area contributed by atoms with Crippen LogP contribution in [-0.4, -0.2) is 19.5 Å². The van der Waals surface area contributed by atoms with Crippen LogP contribution in [0.4, 0.5) is 0 Å². The van der Waals surface area contributed by atoms with Crippen molar-refractivity contribution < 1.29 is 5.11 Å². The SMILES string of the molecule is Cn1cc(CCn2cc(CO)c3ccc(Cl)cc32)cn1. The van der Waals surface area contributed by atoms with Gasteiger partial charge in [0.1, 0.15) is 0 Å². The second-order valence-corrected chi connectivity index (χ2v) is 5.38. The zero-order valence-electron chi connectivity index (χ0n) is 11.3. The predicted molar refractivity (Wildman–Crippen MR) is 79.8 cm³/mol. The lowest BCUT2D eigenvalue weighted by molar-refractivity contribution is 0.283. The molecule has 0 spiro atoms. The summed E-state index contributed by atoms with van der Waals surface area (Å²) in [7, 11) is 1.91. The third-order valence-corrected chi connectivity index (χ3v) is 3.73. The Kier molecular flexibility index (Phi) is 3.51. The molecule has 2 aromatic heterocycles. The fraction of sp³-hybridized carbons (Fsp3) is 0.267. The van der Waals surface area contributed by atoms with E-state index in [0.717, 1.165) is 29.4 Å². The van der Waals surface area contributed by atoms with Crippen LogP contribution in [0.3, 0.4) is 0 Å². The third-order valence-electron chi connectivity index (χ3n) is 3.50. The highest BCUT2D eigenvalue weighted by molar-refractivity contribution is 6.31. The Bertz CT molecular complexity index is 745. The molecular formula is C15H16ClN3O. The molecule has 0 atom stereocenters. The van der Waals surface area contributed by atoms with Crippen LogP contribution in [0.15, 0.2) is 36.8 Å². The van der Waals surface area contributed by atoms with E-state index >= 15 is 0 Å². The Hall–Kier alpha value is -1.78. The zero-order chi connectivity index (χ0) is 14.1. The molecule has 20 heavy (non-hydrogen) atoms. The quantitative estimate of drug-likeness (QED) is 0.802. The van der Waals surface area contributed by atoms with Crippen LogP contribution in [-0.2, 0) is 26.6 Å². The molecule has 1 N–H and O–H groups in total. The summed E-state index contributed by atoms with van der Waals surface area (Å²) in [6.45, 7) is 0.876. The predicted octanol–water partition coefficient (Wildman–Crippen LogP) is 2.76. The lowest BCUT2D eigenvalue weighted by Crippen LogP contribution is -1.99. The minimum absolute atomic E-state index is 0.0397. The van der Waals surface area contributed by atoms with Crippen molar-refractivity contribution in [2.24, 2.45) is 7.05 Å². The number of benzene rings is 1. The highest BCUT2D eigenvalue weighted by Gasteiger charge is 2.08. The number of nitrogens with zero attached hydrogens (tertiary/aromatic N) is 3. The molecule has 0 aliphatic rings. The van der Waals surface area contributed by atoms with Crippen molar-refractivity contribution in [1.29, 1.82) is 0 Å². The minimum Gasteiger partial charge on any atom is -0.392 e. The van der Waals surface area contributed by atoms with Crippen molar-refractivity contribution in [2.45, 2.75) is 19.6 Å². The minimum atomic E-state index is 0.0397. The van der Waals surface area contributed by atoms with Gasteiger partial charge in [-0.05, 0) is 24.1 Å². The molecule has 0 bridgehead atoms. The Balaban J connectivity index is 1.92. The molecule has 4 nitrogen and oxygen atoms in total. The van der Waals surface area contributed by atoms with Gasteiger partial charge >= 0.3 is 0 Å². The average Bonchev–Trinajstić information content (AvgIpc) is 3.00. The van der Waals surface area contributed by atoms with E-state index in [4.69, 9.17) is 11.6 Å². The summed E-state index contributed by atoms with van der Waals surface area (Å²) in [6.07, 6.45) is 6.80. The molecule has 0 saturated heterocycles. The number of hydrogen-bond donors (Lipinski definition) is 1. The lowest BCUT2D eigenvalue weighted by Gasteiger charge is -2.04. The first kappa shape index (κ1) is 13.2. The average molecular weight is 290 g/mol. The van der Waals surface area contributed by atoms with Gasteiger partial charge in [0.05, 0.1) is 12.8 Å². The molecule has 0 fully saturated rings. The summed E-state index contributed by atoms with van der Waals surface area (Å²) >= 11 is 6.07. The van der Waals surface area contributed by atoms with Gasteiger partial charge in [-0.25, -0.2) is 0 Å². The number of hydrogen-bond acceptors (Lipinski definition) is 2. The maximum atomic E-state index is 9.45. The Morgan fingerprint density at radius 1 is 1.30 bits per heavy atom. The summed E-state index contributed by atoms with van der Waals surface area (Å²) < 4.78 is 3.94. The van der Waals surface area contributed by atoms with E-state index in [0.29, 0.717) is 5.02 Å². The van der Waals surface area contributed by atoms with E-state index in [-0.39, 0.29) is 6.61 Å². The molecule has 0 aliphatic carbocycles. The molecule has 1 aromatic carbocycles. The van der Waals surface area contributed by atoms with E-state index < -0.39 is 0 Å². The van der Waals surface area contributed by atoms with Gasteiger partial charge in [-0.3, -0.25) is 4.68 Å². The van der Waals surface area contributed by atoms with E-state index in [2.05, 4.69) is 9.67 Å². The highest BCUT2D eigenvalue weighted by Crippen LogP contribution is 2.25. The van der Waals surface area contributed by atoms with Crippen LogP contribution in [0.1, 0.15) is 11.1 Å². The van der Waals surface area contributed by atoms with Crippen LogP contribution in [0.25, 0.3) is 10.9 Å². The van der Waals surface area contributed by atoms with Gasteiger partial charge in [0, 0.05) is 47.5 Å². The molecular weight excluding hydrogens is 274 g/mol. The number of halogens is 1. The van der Waals surface area contributed by atoms with Crippen molar-refractivity contribution in [3.63, 3.8) is 0 Å².